The lowest BCUT2D eigenvalue weighted by Crippen LogP contribution is -2.45. The minimum Gasteiger partial charge on any atom is -0.493 e. The summed E-state index contributed by atoms with van der Waals surface area (Å²) in [4.78, 5) is 37.2. The molecule has 0 aliphatic carbocycles. The number of ether oxygens (including phenoxy) is 4. The lowest BCUT2D eigenvalue weighted by Gasteiger charge is -2.28. The van der Waals surface area contributed by atoms with Crippen LogP contribution in [0.5, 0.6) is 17.2 Å². The van der Waals surface area contributed by atoms with Crippen molar-refractivity contribution in [3.8, 4) is 17.2 Å². The van der Waals surface area contributed by atoms with Gasteiger partial charge < -0.3 is 29.6 Å². The number of nitrogens with one attached hydrogen (secondary N) is 3. The Labute approximate surface area is 276 Å². The highest BCUT2D eigenvalue weighted by molar-refractivity contribution is 14.1. The molecule has 1 aliphatic heterocycles. The molecule has 1 atom stereocenters. The molecule has 0 saturated heterocycles. The minimum atomic E-state index is -0.765. The molecule has 0 aromatic heterocycles. The van der Waals surface area contributed by atoms with Gasteiger partial charge in [0.05, 0.1) is 35.1 Å². The zero-order valence-electron chi connectivity index (χ0n) is 24.1. The fraction of sp³-hybridized carbons (Fsp3) is 0.226. The van der Waals surface area contributed by atoms with E-state index >= 15 is 0 Å². The SMILES string of the molecule is CCOC(=O)C1=C(C)NC(=O)N[C@H]1c1ccc(OCC(=O)N/N=C\c2ccc(OCc3ccc(Br)cc3)c(I)c2)c(OC)c1. The molecule has 3 aromatic carbocycles. The normalized spacial score (nSPS) is 14.5. The number of hydrogen-bond acceptors (Lipinski definition) is 8. The molecule has 13 heteroatoms. The Hall–Kier alpha value is -4.11. The monoisotopic (exact) mass is 776 g/mol. The van der Waals surface area contributed by atoms with E-state index < -0.39 is 23.9 Å². The summed E-state index contributed by atoms with van der Waals surface area (Å²) >= 11 is 5.61. The Morgan fingerprint density at radius 2 is 1.80 bits per heavy atom. The molecule has 230 valence electrons. The molecule has 0 spiro atoms. The van der Waals surface area contributed by atoms with E-state index in [1.807, 2.05) is 42.5 Å². The number of urea groups is 1. The number of hydrogen-bond donors (Lipinski definition) is 3. The summed E-state index contributed by atoms with van der Waals surface area (Å²) in [7, 11) is 1.45. The number of esters is 1. The summed E-state index contributed by atoms with van der Waals surface area (Å²) in [5, 5.41) is 9.35. The Morgan fingerprint density at radius 3 is 2.50 bits per heavy atom. The number of allylic oxidation sites excluding steroid dienone is 1. The minimum absolute atomic E-state index is 0.187. The second kappa shape index (κ2) is 15.6. The first-order valence-corrected chi connectivity index (χ1v) is 15.3. The van der Waals surface area contributed by atoms with Crippen LogP contribution in [-0.4, -0.2) is 44.4 Å². The quantitative estimate of drug-likeness (QED) is 0.0976. The van der Waals surface area contributed by atoms with Crippen molar-refractivity contribution in [1.29, 1.82) is 0 Å². The molecule has 4 rings (SSSR count). The number of methoxy groups -OCH3 is 1. The third kappa shape index (κ3) is 8.72. The van der Waals surface area contributed by atoms with Crippen molar-refractivity contribution in [2.75, 3.05) is 20.3 Å². The van der Waals surface area contributed by atoms with Crippen molar-refractivity contribution in [2.24, 2.45) is 5.10 Å². The maximum absolute atomic E-state index is 12.6. The molecule has 44 heavy (non-hydrogen) atoms. The number of rotatable bonds is 12. The Morgan fingerprint density at radius 1 is 1.05 bits per heavy atom. The lowest BCUT2D eigenvalue weighted by molar-refractivity contribution is -0.139. The van der Waals surface area contributed by atoms with Crippen LogP contribution in [-0.2, 0) is 20.9 Å². The van der Waals surface area contributed by atoms with Crippen molar-refractivity contribution in [3.05, 3.63) is 96.7 Å². The second-order valence-corrected chi connectivity index (χ2v) is 11.5. The van der Waals surface area contributed by atoms with Gasteiger partial charge in [-0.05, 0) is 95.6 Å². The number of carbonyl (C=O) groups excluding carboxylic acids is 3. The Kier molecular flexibility index (Phi) is 11.6. The van der Waals surface area contributed by atoms with Gasteiger partial charge in [0.15, 0.2) is 18.1 Å². The number of carbonyl (C=O) groups is 3. The van der Waals surface area contributed by atoms with Crippen LogP contribution in [0.3, 0.4) is 0 Å². The van der Waals surface area contributed by atoms with Gasteiger partial charge in [0.1, 0.15) is 12.4 Å². The first-order chi connectivity index (χ1) is 21.2. The van der Waals surface area contributed by atoms with E-state index in [0.29, 0.717) is 29.4 Å². The van der Waals surface area contributed by atoms with E-state index in [1.54, 1.807) is 32.0 Å². The Bertz CT molecular complexity index is 1590. The van der Waals surface area contributed by atoms with Crippen LogP contribution in [0.2, 0.25) is 0 Å². The van der Waals surface area contributed by atoms with E-state index in [9.17, 15) is 14.4 Å². The predicted molar refractivity (Wildman–Crippen MR) is 176 cm³/mol. The molecule has 3 N–H and O–H groups in total. The van der Waals surface area contributed by atoms with Crippen LogP contribution in [0.25, 0.3) is 0 Å². The number of nitrogens with zero attached hydrogens (tertiary/aromatic N) is 1. The third-order valence-electron chi connectivity index (χ3n) is 6.31. The van der Waals surface area contributed by atoms with E-state index in [-0.39, 0.29) is 18.8 Å². The summed E-state index contributed by atoms with van der Waals surface area (Å²) in [6, 6.07) is 17.2. The number of amides is 3. The molecule has 0 fully saturated rings. The maximum Gasteiger partial charge on any atom is 0.338 e. The first kappa shape index (κ1) is 32.8. The van der Waals surface area contributed by atoms with Crippen molar-refractivity contribution >= 4 is 62.6 Å². The average Bonchev–Trinajstić information content (AvgIpc) is 3.00. The van der Waals surface area contributed by atoms with Crippen LogP contribution in [0.15, 0.2) is 81.5 Å². The summed E-state index contributed by atoms with van der Waals surface area (Å²) in [5.41, 5.74) is 5.51. The van der Waals surface area contributed by atoms with E-state index in [1.165, 1.54) is 13.3 Å². The van der Waals surface area contributed by atoms with Crippen LogP contribution in [0, 0.1) is 3.57 Å². The lowest BCUT2D eigenvalue weighted by atomic mass is 9.95. The van der Waals surface area contributed by atoms with Crippen LogP contribution < -0.4 is 30.3 Å². The molecule has 0 unspecified atom stereocenters. The van der Waals surface area contributed by atoms with Crippen LogP contribution in [0.1, 0.15) is 36.6 Å². The summed E-state index contributed by atoms with van der Waals surface area (Å²) in [6.45, 7) is 3.64. The predicted octanol–water partition coefficient (Wildman–Crippen LogP) is 5.36. The molecule has 0 radical (unpaired) electrons. The van der Waals surface area contributed by atoms with Gasteiger partial charge in [0.2, 0.25) is 0 Å². The zero-order chi connectivity index (χ0) is 31.6. The van der Waals surface area contributed by atoms with Crippen LogP contribution >= 0.6 is 38.5 Å². The van der Waals surface area contributed by atoms with E-state index in [2.05, 4.69) is 59.7 Å². The molecule has 0 saturated carbocycles. The first-order valence-electron chi connectivity index (χ1n) is 13.4. The zero-order valence-corrected chi connectivity index (χ0v) is 27.9. The van der Waals surface area contributed by atoms with Crippen molar-refractivity contribution in [3.63, 3.8) is 0 Å². The highest BCUT2D eigenvalue weighted by Gasteiger charge is 2.32. The van der Waals surface area contributed by atoms with Gasteiger partial charge in [-0.25, -0.2) is 15.0 Å². The fourth-order valence-corrected chi connectivity index (χ4v) is 5.18. The number of hydrazone groups is 1. The van der Waals surface area contributed by atoms with Gasteiger partial charge in [0.25, 0.3) is 5.91 Å². The number of halogens is 2. The van der Waals surface area contributed by atoms with Crippen molar-refractivity contribution in [1.82, 2.24) is 16.1 Å². The van der Waals surface area contributed by atoms with Gasteiger partial charge in [-0.15, -0.1) is 0 Å². The molecule has 1 heterocycles. The maximum atomic E-state index is 12.6. The molecule has 11 nitrogen and oxygen atoms in total. The molecular formula is C31H30BrIN4O7. The van der Waals surface area contributed by atoms with Gasteiger partial charge in [-0.2, -0.15) is 5.10 Å². The van der Waals surface area contributed by atoms with Gasteiger partial charge in [-0.3, -0.25) is 4.79 Å². The van der Waals surface area contributed by atoms with Gasteiger partial charge in [0, 0.05) is 10.2 Å². The Balaban J connectivity index is 1.33. The molecular weight excluding hydrogens is 747 g/mol. The smallest absolute Gasteiger partial charge is 0.338 e. The fourth-order valence-electron chi connectivity index (χ4n) is 4.22. The highest BCUT2D eigenvalue weighted by Crippen LogP contribution is 2.34. The van der Waals surface area contributed by atoms with Gasteiger partial charge in [-0.1, -0.05) is 34.1 Å². The van der Waals surface area contributed by atoms with E-state index in [4.69, 9.17) is 18.9 Å². The average molecular weight is 777 g/mol. The summed E-state index contributed by atoms with van der Waals surface area (Å²) in [6.07, 6.45) is 1.53. The van der Waals surface area contributed by atoms with E-state index in [0.717, 1.165) is 24.9 Å². The molecule has 1 aliphatic rings. The molecule has 3 aromatic rings. The summed E-state index contributed by atoms with van der Waals surface area (Å²) < 4.78 is 24.1. The highest BCUT2D eigenvalue weighted by atomic mass is 127. The summed E-state index contributed by atoms with van der Waals surface area (Å²) in [5.74, 6) is 0.320. The largest absolute Gasteiger partial charge is 0.493 e. The third-order valence-corrected chi connectivity index (χ3v) is 7.68. The standard InChI is InChI=1S/C31H30BrIN4O7/c1-4-42-30(39)28-18(2)35-31(40)36-29(28)21-8-12-25(26(14-21)41-3)44-17-27(38)37-34-15-20-7-11-24(23(33)13-20)43-16-19-5-9-22(32)10-6-19/h5-15,29H,4,16-17H2,1-3H3,(H,37,38)(H2,35,36,40)/b34-15-/t29-/m0/s1. The topological polar surface area (TPSA) is 137 Å². The molecule has 0 bridgehead atoms. The second-order valence-electron chi connectivity index (χ2n) is 9.39. The number of benzene rings is 3. The molecule has 3 amide bonds. The van der Waals surface area contributed by atoms with Crippen molar-refractivity contribution in [2.45, 2.75) is 26.5 Å². The van der Waals surface area contributed by atoms with Crippen LogP contribution in [0.4, 0.5) is 4.79 Å². The van der Waals surface area contributed by atoms with Gasteiger partial charge >= 0.3 is 12.0 Å². The van der Waals surface area contributed by atoms with Crippen molar-refractivity contribution < 1.29 is 33.3 Å².